The molecule has 1 atom stereocenters. The summed E-state index contributed by atoms with van der Waals surface area (Å²) in [5, 5.41) is 0. The lowest BCUT2D eigenvalue weighted by atomic mass is 9.64. The zero-order chi connectivity index (χ0) is 36.3. The van der Waals surface area contributed by atoms with Crippen molar-refractivity contribution in [2.75, 3.05) is 4.90 Å². The third kappa shape index (κ3) is 4.84. The first-order valence-corrected chi connectivity index (χ1v) is 19.1. The summed E-state index contributed by atoms with van der Waals surface area (Å²) in [6.45, 7) is 0. The van der Waals surface area contributed by atoms with Gasteiger partial charge < -0.3 is 9.64 Å². The van der Waals surface area contributed by atoms with Gasteiger partial charge in [-0.2, -0.15) is 0 Å². The van der Waals surface area contributed by atoms with Crippen LogP contribution in [0.25, 0.3) is 39.5 Å². The van der Waals surface area contributed by atoms with E-state index in [0.717, 1.165) is 52.5 Å². The van der Waals surface area contributed by atoms with Gasteiger partial charge in [0.15, 0.2) is 0 Å². The van der Waals surface area contributed by atoms with Gasteiger partial charge >= 0.3 is 0 Å². The molecule has 3 aliphatic rings. The molecule has 2 heteroatoms. The molecular weight excluding hydrogens is 667 g/mol. The largest absolute Gasteiger partial charge is 0.456 e. The smallest absolute Gasteiger partial charge is 0.141 e. The molecule has 0 aromatic heterocycles. The molecule has 0 amide bonds. The van der Waals surface area contributed by atoms with Crippen LogP contribution < -0.4 is 9.64 Å². The Morgan fingerprint density at radius 3 is 1.85 bits per heavy atom. The number of benzene rings is 7. The molecule has 1 aliphatic heterocycles. The van der Waals surface area contributed by atoms with Crippen molar-refractivity contribution in [3.05, 3.63) is 228 Å². The van der Waals surface area contributed by atoms with Crippen LogP contribution in [-0.2, 0) is 11.8 Å². The Morgan fingerprint density at radius 2 is 1.15 bits per heavy atom. The Labute approximate surface area is 322 Å². The van der Waals surface area contributed by atoms with Crippen molar-refractivity contribution in [3.8, 4) is 44.9 Å². The van der Waals surface area contributed by atoms with E-state index < -0.39 is 5.41 Å². The lowest BCUT2D eigenvalue weighted by Gasteiger charge is -2.40. The Kier molecular flexibility index (Phi) is 7.15. The Balaban J connectivity index is 1.16. The van der Waals surface area contributed by atoms with Crippen LogP contribution in [0.15, 0.2) is 182 Å². The van der Waals surface area contributed by atoms with Crippen LogP contribution in [0, 0.1) is 12.1 Å². The monoisotopic (exact) mass is 701 g/mol. The Hall–Kier alpha value is -7.08. The molecule has 1 spiro atoms. The normalized spacial score (nSPS) is 13.7. The van der Waals surface area contributed by atoms with Crippen LogP contribution in [0.1, 0.15) is 39.8 Å². The first kappa shape index (κ1) is 31.4. The molecule has 0 saturated heterocycles. The SMILES string of the molecule is c1ccc2c(c#1)C1(c3ccccc3O2)c2cc(N(c3ccc(-c4ccccc4)cc3)c3ccc(-c4ccccc4)cc3)ccc2-c2ccc3c(c21)CCC=C3. The van der Waals surface area contributed by atoms with Crippen LogP contribution in [0.5, 0.6) is 11.5 Å². The molecule has 8 aromatic rings. The minimum atomic E-state index is -0.640. The third-order valence-corrected chi connectivity index (χ3v) is 11.7. The van der Waals surface area contributed by atoms with E-state index in [1.807, 2.05) is 6.07 Å². The molecule has 0 bridgehead atoms. The highest BCUT2D eigenvalue weighted by atomic mass is 16.5. The molecule has 258 valence electrons. The zero-order valence-corrected chi connectivity index (χ0v) is 30.2. The number of hydrogen-bond donors (Lipinski definition) is 0. The van der Waals surface area contributed by atoms with Crippen molar-refractivity contribution in [3.63, 3.8) is 0 Å². The molecule has 0 saturated carbocycles. The predicted octanol–water partition coefficient (Wildman–Crippen LogP) is 13.5. The fourth-order valence-corrected chi connectivity index (χ4v) is 9.24. The second-order valence-electron chi connectivity index (χ2n) is 14.6. The van der Waals surface area contributed by atoms with Gasteiger partial charge in [-0.05, 0) is 123 Å². The van der Waals surface area contributed by atoms with E-state index >= 15 is 0 Å². The summed E-state index contributed by atoms with van der Waals surface area (Å²) in [7, 11) is 0. The highest BCUT2D eigenvalue weighted by Gasteiger charge is 2.53. The summed E-state index contributed by atoms with van der Waals surface area (Å²) in [6, 6.07) is 70.3. The minimum Gasteiger partial charge on any atom is -0.456 e. The molecule has 0 fully saturated rings. The lowest BCUT2D eigenvalue weighted by Crippen LogP contribution is -2.33. The van der Waals surface area contributed by atoms with Crippen molar-refractivity contribution in [2.24, 2.45) is 0 Å². The third-order valence-electron chi connectivity index (χ3n) is 11.7. The number of para-hydroxylation sites is 1. The Morgan fingerprint density at radius 1 is 0.527 bits per heavy atom. The van der Waals surface area contributed by atoms with Crippen LogP contribution >= 0.6 is 0 Å². The van der Waals surface area contributed by atoms with E-state index in [4.69, 9.17) is 4.74 Å². The number of anilines is 3. The zero-order valence-electron chi connectivity index (χ0n) is 30.2. The fourth-order valence-electron chi connectivity index (χ4n) is 9.24. The summed E-state index contributed by atoms with van der Waals surface area (Å²) in [5.74, 6) is 1.71. The predicted molar refractivity (Wildman–Crippen MR) is 224 cm³/mol. The minimum absolute atomic E-state index is 0.640. The van der Waals surface area contributed by atoms with Crippen LogP contribution in [0.3, 0.4) is 0 Å². The summed E-state index contributed by atoms with van der Waals surface area (Å²) in [6.07, 6.45) is 6.61. The van der Waals surface area contributed by atoms with Crippen LogP contribution in [0.2, 0.25) is 0 Å². The standard InChI is InChI=1S/C53H35NO/c1-3-13-36(14-4-1)38-23-28-41(29-24-38)54(42-30-25-39(26-31-42)37-15-5-2-6-16-37)43-32-34-45-46-33-27-40-17-7-8-18-44(40)52(46)53(49(45)35-43)47-19-9-11-21-50(47)55-51-22-12-10-20-48(51)53/h1-7,9,11-17,19,21-35H,8,18H2. The van der Waals surface area contributed by atoms with Gasteiger partial charge in [-0.15, -0.1) is 0 Å². The van der Waals surface area contributed by atoms with Gasteiger partial charge in [-0.25, -0.2) is 0 Å². The molecular formula is C53H35NO. The quantitative estimate of drug-likeness (QED) is 0.177. The number of ether oxygens (including phenoxy) is 1. The molecule has 2 aliphatic carbocycles. The van der Waals surface area contributed by atoms with E-state index in [-0.39, 0.29) is 0 Å². The maximum absolute atomic E-state index is 6.67. The van der Waals surface area contributed by atoms with Crippen molar-refractivity contribution in [1.29, 1.82) is 0 Å². The number of rotatable bonds is 5. The van der Waals surface area contributed by atoms with Crippen LogP contribution in [-0.4, -0.2) is 0 Å². The van der Waals surface area contributed by atoms with Crippen molar-refractivity contribution in [1.82, 2.24) is 0 Å². The highest BCUT2D eigenvalue weighted by Crippen LogP contribution is 2.63. The van der Waals surface area contributed by atoms with E-state index in [1.165, 1.54) is 55.6 Å². The molecule has 0 N–H and O–H groups in total. The number of fused-ring (bicyclic) bond motifs is 11. The first-order chi connectivity index (χ1) is 27.3. The van der Waals surface area contributed by atoms with E-state index in [1.54, 1.807) is 0 Å². The molecule has 1 heterocycles. The van der Waals surface area contributed by atoms with Crippen molar-refractivity contribution in [2.45, 2.75) is 18.3 Å². The topological polar surface area (TPSA) is 12.5 Å². The summed E-state index contributed by atoms with van der Waals surface area (Å²) in [5.41, 5.74) is 17.4. The second kappa shape index (κ2) is 12.5. The van der Waals surface area contributed by atoms with Gasteiger partial charge in [0.1, 0.15) is 11.5 Å². The van der Waals surface area contributed by atoms with Gasteiger partial charge in [0, 0.05) is 22.6 Å². The first-order valence-electron chi connectivity index (χ1n) is 19.1. The summed E-state index contributed by atoms with van der Waals surface area (Å²) in [4.78, 5) is 2.39. The molecule has 11 rings (SSSR count). The van der Waals surface area contributed by atoms with Gasteiger partial charge in [0.05, 0.1) is 11.0 Å². The van der Waals surface area contributed by atoms with E-state index in [2.05, 4.69) is 199 Å². The van der Waals surface area contributed by atoms with Crippen LogP contribution in [0.4, 0.5) is 17.1 Å². The second-order valence-corrected chi connectivity index (χ2v) is 14.6. The van der Waals surface area contributed by atoms with E-state index in [0.29, 0.717) is 0 Å². The number of nitrogens with zero attached hydrogens (tertiary/aromatic N) is 1. The van der Waals surface area contributed by atoms with E-state index in [9.17, 15) is 0 Å². The summed E-state index contributed by atoms with van der Waals surface area (Å²) >= 11 is 0. The fraction of sp³-hybridized carbons (Fsp3) is 0.0566. The molecule has 1 unspecified atom stereocenters. The van der Waals surface area contributed by atoms with Crippen molar-refractivity contribution < 1.29 is 4.74 Å². The molecule has 2 nitrogen and oxygen atoms in total. The average molecular weight is 702 g/mol. The number of allylic oxidation sites excluding steroid dienone is 1. The van der Waals surface area contributed by atoms with Crippen molar-refractivity contribution >= 4 is 23.1 Å². The van der Waals surface area contributed by atoms with Gasteiger partial charge in [-0.1, -0.05) is 146 Å². The van der Waals surface area contributed by atoms with Gasteiger partial charge in [0.25, 0.3) is 0 Å². The number of hydrogen-bond acceptors (Lipinski definition) is 2. The maximum Gasteiger partial charge on any atom is 0.141 e. The highest BCUT2D eigenvalue weighted by molar-refractivity contribution is 5.93. The van der Waals surface area contributed by atoms with Gasteiger partial charge in [0.2, 0.25) is 0 Å². The Bertz CT molecular complexity index is 2630. The van der Waals surface area contributed by atoms with Gasteiger partial charge in [-0.3, -0.25) is 0 Å². The lowest BCUT2D eigenvalue weighted by molar-refractivity contribution is 0.436. The molecule has 8 aromatic carbocycles. The molecule has 55 heavy (non-hydrogen) atoms. The summed E-state index contributed by atoms with van der Waals surface area (Å²) < 4.78 is 6.67. The molecule has 0 radical (unpaired) electrons. The maximum atomic E-state index is 6.67. The average Bonchev–Trinajstić information content (AvgIpc) is 3.55.